The van der Waals surface area contributed by atoms with Gasteiger partial charge in [0, 0.05) is 17.3 Å². The molecule has 1 aromatic heterocycles. The summed E-state index contributed by atoms with van der Waals surface area (Å²) < 4.78 is 0. The van der Waals surface area contributed by atoms with Gasteiger partial charge >= 0.3 is 0 Å². The van der Waals surface area contributed by atoms with E-state index < -0.39 is 0 Å². The van der Waals surface area contributed by atoms with E-state index in [-0.39, 0.29) is 0 Å². The normalized spacial score (nSPS) is 10.4. The maximum atomic E-state index is 5.79. The van der Waals surface area contributed by atoms with Crippen LogP contribution in [0, 0.1) is 0 Å². The fourth-order valence-corrected chi connectivity index (χ4v) is 1.37. The quantitative estimate of drug-likeness (QED) is 0.570. The standard InChI is InChI=1S/C10H12N4/c1-2-14(11)10-9-6-4-3-5-8(9)7-12-13-10/h3-7H,2,11H2,1H3. The molecule has 0 aliphatic heterocycles. The molecule has 1 heterocycles. The first kappa shape index (κ1) is 8.90. The highest BCUT2D eigenvalue weighted by atomic mass is 15.4. The highest BCUT2D eigenvalue weighted by Gasteiger charge is 2.05. The van der Waals surface area contributed by atoms with Gasteiger partial charge in [0.05, 0.1) is 6.20 Å². The summed E-state index contributed by atoms with van der Waals surface area (Å²) in [5.41, 5.74) is 0. The lowest BCUT2D eigenvalue weighted by Gasteiger charge is -2.15. The van der Waals surface area contributed by atoms with Crippen LogP contribution in [-0.2, 0) is 0 Å². The average molecular weight is 188 g/mol. The predicted octanol–water partition coefficient (Wildman–Crippen LogP) is 1.33. The Bertz CT molecular complexity index is 436. The van der Waals surface area contributed by atoms with Crippen LogP contribution in [0.25, 0.3) is 10.8 Å². The van der Waals surface area contributed by atoms with Crippen LogP contribution in [0.15, 0.2) is 30.5 Å². The molecule has 0 aliphatic rings. The Morgan fingerprint density at radius 1 is 1.36 bits per heavy atom. The zero-order valence-electron chi connectivity index (χ0n) is 8.01. The first-order valence-electron chi connectivity index (χ1n) is 4.55. The molecule has 4 heteroatoms. The zero-order valence-corrected chi connectivity index (χ0v) is 8.01. The fourth-order valence-electron chi connectivity index (χ4n) is 1.37. The van der Waals surface area contributed by atoms with Gasteiger partial charge in [-0.05, 0) is 6.92 Å². The lowest BCUT2D eigenvalue weighted by Crippen LogP contribution is -2.31. The average Bonchev–Trinajstić information content (AvgIpc) is 2.27. The molecule has 72 valence electrons. The van der Waals surface area contributed by atoms with Crippen LogP contribution in [0.5, 0.6) is 0 Å². The van der Waals surface area contributed by atoms with Gasteiger partial charge in [0.1, 0.15) is 0 Å². The molecule has 0 fully saturated rings. The number of benzene rings is 1. The Morgan fingerprint density at radius 2 is 2.14 bits per heavy atom. The summed E-state index contributed by atoms with van der Waals surface area (Å²) in [6.07, 6.45) is 1.74. The molecule has 0 bridgehead atoms. The monoisotopic (exact) mass is 188 g/mol. The Labute approximate surface area is 82.3 Å². The third-order valence-electron chi connectivity index (χ3n) is 2.16. The van der Waals surface area contributed by atoms with Gasteiger partial charge in [-0.1, -0.05) is 24.3 Å². The van der Waals surface area contributed by atoms with Crippen molar-refractivity contribution in [2.75, 3.05) is 11.6 Å². The number of nitrogens with zero attached hydrogens (tertiary/aromatic N) is 3. The zero-order chi connectivity index (χ0) is 9.97. The van der Waals surface area contributed by atoms with E-state index in [1.165, 1.54) is 0 Å². The van der Waals surface area contributed by atoms with E-state index in [4.69, 9.17) is 5.84 Å². The minimum absolute atomic E-state index is 0.711. The third-order valence-corrected chi connectivity index (χ3v) is 2.16. The first-order chi connectivity index (χ1) is 6.83. The number of rotatable bonds is 2. The number of aromatic nitrogens is 2. The van der Waals surface area contributed by atoms with Crippen LogP contribution >= 0.6 is 0 Å². The van der Waals surface area contributed by atoms with E-state index in [9.17, 15) is 0 Å². The molecule has 0 saturated heterocycles. The van der Waals surface area contributed by atoms with Crippen molar-refractivity contribution in [3.8, 4) is 0 Å². The van der Waals surface area contributed by atoms with Crippen LogP contribution < -0.4 is 10.9 Å². The Balaban J connectivity index is 2.65. The van der Waals surface area contributed by atoms with E-state index in [1.54, 1.807) is 11.2 Å². The van der Waals surface area contributed by atoms with Crippen molar-refractivity contribution in [2.24, 2.45) is 5.84 Å². The minimum atomic E-state index is 0.711. The van der Waals surface area contributed by atoms with Crippen molar-refractivity contribution in [1.82, 2.24) is 10.2 Å². The second-order valence-electron chi connectivity index (χ2n) is 3.04. The van der Waals surface area contributed by atoms with Gasteiger partial charge in [-0.2, -0.15) is 5.10 Å². The van der Waals surface area contributed by atoms with Crippen LogP contribution in [0.4, 0.5) is 5.82 Å². The lowest BCUT2D eigenvalue weighted by molar-refractivity contribution is 0.850. The third kappa shape index (κ3) is 1.40. The van der Waals surface area contributed by atoms with Crippen LogP contribution in [0.3, 0.4) is 0 Å². The summed E-state index contributed by atoms with van der Waals surface area (Å²) in [4.78, 5) is 0. The molecule has 0 saturated carbocycles. The van der Waals surface area contributed by atoms with Crippen LogP contribution in [0.2, 0.25) is 0 Å². The van der Waals surface area contributed by atoms with E-state index in [2.05, 4.69) is 10.2 Å². The molecular weight excluding hydrogens is 176 g/mol. The molecule has 4 nitrogen and oxygen atoms in total. The maximum Gasteiger partial charge on any atom is 0.173 e. The Morgan fingerprint density at radius 3 is 2.93 bits per heavy atom. The molecule has 2 N–H and O–H groups in total. The Hall–Kier alpha value is -1.68. The van der Waals surface area contributed by atoms with Crippen molar-refractivity contribution in [2.45, 2.75) is 6.92 Å². The second-order valence-corrected chi connectivity index (χ2v) is 3.04. The van der Waals surface area contributed by atoms with Crippen molar-refractivity contribution in [3.63, 3.8) is 0 Å². The van der Waals surface area contributed by atoms with E-state index in [0.717, 1.165) is 16.6 Å². The van der Waals surface area contributed by atoms with Crippen molar-refractivity contribution in [1.29, 1.82) is 0 Å². The number of nitrogens with two attached hydrogens (primary N) is 1. The molecule has 0 radical (unpaired) electrons. The van der Waals surface area contributed by atoms with E-state index in [1.807, 2.05) is 31.2 Å². The second kappa shape index (κ2) is 3.59. The highest BCUT2D eigenvalue weighted by molar-refractivity contribution is 5.91. The van der Waals surface area contributed by atoms with Gasteiger partial charge in [0.25, 0.3) is 0 Å². The predicted molar refractivity (Wildman–Crippen MR) is 56.7 cm³/mol. The van der Waals surface area contributed by atoms with Gasteiger partial charge in [-0.25, -0.2) is 5.84 Å². The van der Waals surface area contributed by atoms with Gasteiger partial charge in [-0.15, -0.1) is 5.10 Å². The van der Waals surface area contributed by atoms with Crippen LogP contribution in [-0.4, -0.2) is 16.7 Å². The summed E-state index contributed by atoms with van der Waals surface area (Å²) in [6.45, 7) is 2.69. The molecule has 14 heavy (non-hydrogen) atoms. The van der Waals surface area contributed by atoms with Gasteiger partial charge < -0.3 is 0 Å². The maximum absolute atomic E-state index is 5.79. The first-order valence-corrected chi connectivity index (χ1v) is 4.55. The molecule has 0 spiro atoms. The summed E-state index contributed by atoms with van der Waals surface area (Å²) in [5.74, 6) is 6.52. The van der Waals surface area contributed by atoms with Crippen molar-refractivity contribution < 1.29 is 0 Å². The molecule has 2 aromatic rings. The summed E-state index contributed by atoms with van der Waals surface area (Å²) in [7, 11) is 0. The topological polar surface area (TPSA) is 55.0 Å². The number of anilines is 1. The molecule has 1 aromatic carbocycles. The smallest absolute Gasteiger partial charge is 0.173 e. The molecular formula is C10H12N4. The highest BCUT2D eigenvalue weighted by Crippen LogP contribution is 2.20. The number of fused-ring (bicyclic) bond motifs is 1. The van der Waals surface area contributed by atoms with Crippen molar-refractivity contribution >= 4 is 16.6 Å². The fraction of sp³-hybridized carbons (Fsp3) is 0.200. The SMILES string of the molecule is CCN(N)c1nncc2ccccc12. The molecule has 0 unspecified atom stereocenters. The largest absolute Gasteiger partial charge is 0.293 e. The number of hydrogen-bond donors (Lipinski definition) is 1. The van der Waals surface area contributed by atoms with Gasteiger partial charge in [-0.3, -0.25) is 5.01 Å². The summed E-state index contributed by atoms with van der Waals surface area (Å²) in [6, 6.07) is 7.93. The number of hydrazine groups is 1. The van der Waals surface area contributed by atoms with E-state index >= 15 is 0 Å². The van der Waals surface area contributed by atoms with Crippen molar-refractivity contribution in [3.05, 3.63) is 30.5 Å². The molecule has 0 amide bonds. The van der Waals surface area contributed by atoms with Gasteiger partial charge in [0.2, 0.25) is 0 Å². The summed E-state index contributed by atoms with van der Waals surface area (Å²) in [5, 5.41) is 11.6. The van der Waals surface area contributed by atoms with Crippen LogP contribution in [0.1, 0.15) is 6.92 Å². The summed E-state index contributed by atoms with van der Waals surface area (Å²) >= 11 is 0. The minimum Gasteiger partial charge on any atom is -0.293 e. The number of hydrogen-bond acceptors (Lipinski definition) is 4. The lowest BCUT2D eigenvalue weighted by atomic mass is 10.2. The molecule has 0 aliphatic carbocycles. The molecule has 0 atom stereocenters. The Kier molecular flexibility index (Phi) is 2.28. The molecule has 2 rings (SSSR count). The van der Waals surface area contributed by atoms with E-state index in [0.29, 0.717) is 6.54 Å². The van der Waals surface area contributed by atoms with Gasteiger partial charge in [0.15, 0.2) is 5.82 Å².